The van der Waals surface area contributed by atoms with Gasteiger partial charge in [0, 0.05) is 17.6 Å². The van der Waals surface area contributed by atoms with Gasteiger partial charge in [-0.3, -0.25) is 14.2 Å². The van der Waals surface area contributed by atoms with Gasteiger partial charge in [-0.05, 0) is 43.9 Å². The normalized spacial score (nSPS) is 15.2. The second-order valence-electron chi connectivity index (χ2n) is 6.49. The van der Waals surface area contributed by atoms with E-state index in [1.807, 2.05) is 13.0 Å². The standard InChI is InChI=1S/C18H22BrN3O3S/c1-11(12-3-4-12)20-16(23)10-26-18-21-15-6-5-13(19)9-14(15)17(24)22(18)7-8-25-2/h5-6,9,11-12H,3-4,7-8,10H2,1-2H3,(H,20,23). The van der Waals surface area contributed by atoms with Gasteiger partial charge in [-0.25, -0.2) is 4.98 Å². The number of carbonyl (C=O) groups excluding carboxylic acids is 1. The maximum Gasteiger partial charge on any atom is 0.262 e. The van der Waals surface area contributed by atoms with Crippen molar-refractivity contribution in [1.29, 1.82) is 0 Å². The molecule has 1 heterocycles. The fourth-order valence-electron chi connectivity index (χ4n) is 2.80. The number of hydrogen-bond donors (Lipinski definition) is 1. The Hall–Kier alpha value is -1.38. The fraction of sp³-hybridized carbons (Fsp3) is 0.500. The lowest BCUT2D eigenvalue weighted by atomic mass is 10.2. The second-order valence-corrected chi connectivity index (χ2v) is 8.35. The van der Waals surface area contributed by atoms with Crippen molar-refractivity contribution in [3.63, 3.8) is 0 Å². The van der Waals surface area contributed by atoms with Gasteiger partial charge in [0.1, 0.15) is 0 Å². The highest BCUT2D eigenvalue weighted by Crippen LogP contribution is 2.32. The summed E-state index contributed by atoms with van der Waals surface area (Å²) in [7, 11) is 1.59. The highest BCUT2D eigenvalue weighted by Gasteiger charge is 2.28. The van der Waals surface area contributed by atoms with Crippen molar-refractivity contribution in [2.45, 2.75) is 37.5 Å². The van der Waals surface area contributed by atoms with E-state index in [0.717, 1.165) is 4.47 Å². The largest absolute Gasteiger partial charge is 0.383 e. The highest BCUT2D eigenvalue weighted by molar-refractivity contribution is 9.10. The van der Waals surface area contributed by atoms with Gasteiger partial charge in [-0.15, -0.1) is 0 Å². The number of amides is 1. The van der Waals surface area contributed by atoms with Crippen LogP contribution in [0.5, 0.6) is 0 Å². The van der Waals surface area contributed by atoms with Crippen LogP contribution in [0.1, 0.15) is 19.8 Å². The number of nitrogens with zero attached hydrogens (tertiary/aromatic N) is 2. The number of halogens is 1. The predicted octanol–water partition coefficient (Wildman–Crippen LogP) is 2.81. The molecule has 0 bridgehead atoms. The molecule has 3 rings (SSSR count). The number of hydrogen-bond acceptors (Lipinski definition) is 5. The third kappa shape index (κ3) is 4.66. The summed E-state index contributed by atoms with van der Waals surface area (Å²) >= 11 is 4.68. The number of nitrogens with one attached hydrogen (secondary N) is 1. The van der Waals surface area contributed by atoms with Gasteiger partial charge in [0.15, 0.2) is 5.16 Å². The van der Waals surface area contributed by atoms with Crippen molar-refractivity contribution in [3.8, 4) is 0 Å². The summed E-state index contributed by atoms with van der Waals surface area (Å²) < 4.78 is 7.53. The van der Waals surface area contributed by atoms with Crippen LogP contribution in [-0.2, 0) is 16.1 Å². The first-order valence-corrected chi connectivity index (χ1v) is 10.4. The average Bonchev–Trinajstić information content (AvgIpc) is 3.45. The Morgan fingerprint density at radius 2 is 2.27 bits per heavy atom. The lowest BCUT2D eigenvalue weighted by Gasteiger charge is -2.14. The maximum atomic E-state index is 12.9. The lowest BCUT2D eigenvalue weighted by molar-refractivity contribution is -0.119. The van der Waals surface area contributed by atoms with Crippen LogP contribution in [0.25, 0.3) is 10.9 Å². The molecule has 1 amide bonds. The Morgan fingerprint density at radius 3 is 2.96 bits per heavy atom. The number of methoxy groups -OCH3 is 1. The van der Waals surface area contributed by atoms with E-state index >= 15 is 0 Å². The molecule has 1 aliphatic rings. The Morgan fingerprint density at radius 1 is 1.50 bits per heavy atom. The molecule has 1 atom stereocenters. The molecule has 0 saturated heterocycles. The van der Waals surface area contributed by atoms with E-state index in [4.69, 9.17) is 4.74 Å². The molecule has 1 saturated carbocycles. The number of aromatic nitrogens is 2. The van der Waals surface area contributed by atoms with Crippen LogP contribution in [0.15, 0.2) is 32.6 Å². The van der Waals surface area contributed by atoms with Gasteiger partial charge in [-0.1, -0.05) is 27.7 Å². The van der Waals surface area contributed by atoms with Crippen LogP contribution >= 0.6 is 27.7 Å². The number of thioether (sulfide) groups is 1. The smallest absolute Gasteiger partial charge is 0.262 e. The van der Waals surface area contributed by atoms with Crippen molar-refractivity contribution >= 4 is 44.5 Å². The van der Waals surface area contributed by atoms with Crippen LogP contribution < -0.4 is 10.9 Å². The van der Waals surface area contributed by atoms with Crippen molar-refractivity contribution in [2.75, 3.05) is 19.5 Å². The molecule has 26 heavy (non-hydrogen) atoms. The first kappa shape index (κ1) is 19.4. The summed E-state index contributed by atoms with van der Waals surface area (Å²) in [5, 5.41) is 4.11. The summed E-state index contributed by atoms with van der Waals surface area (Å²) in [5.74, 6) is 0.817. The Kier molecular flexibility index (Phi) is 6.37. The first-order chi connectivity index (χ1) is 12.5. The molecule has 6 nitrogen and oxygen atoms in total. The molecule has 1 N–H and O–H groups in total. The number of carbonyl (C=O) groups is 1. The van der Waals surface area contributed by atoms with E-state index in [1.54, 1.807) is 23.8 Å². The zero-order valence-corrected chi connectivity index (χ0v) is 17.2. The SMILES string of the molecule is COCCn1c(SCC(=O)NC(C)C2CC2)nc2ccc(Br)cc2c1=O. The maximum absolute atomic E-state index is 12.9. The Bertz CT molecular complexity index is 867. The van der Waals surface area contributed by atoms with Crippen LogP contribution in [0.3, 0.4) is 0 Å². The van der Waals surface area contributed by atoms with E-state index in [0.29, 0.717) is 35.1 Å². The molecular weight excluding hydrogens is 418 g/mol. The van der Waals surface area contributed by atoms with E-state index in [2.05, 4.69) is 26.2 Å². The van der Waals surface area contributed by atoms with Crippen LogP contribution in [0.2, 0.25) is 0 Å². The number of fused-ring (bicyclic) bond motifs is 1. The second kappa shape index (κ2) is 8.54. The zero-order valence-electron chi connectivity index (χ0n) is 14.8. The number of ether oxygens (including phenoxy) is 1. The van der Waals surface area contributed by atoms with Crippen LogP contribution in [0, 0.1) is 5.92 Å². The fourth-order valence-corrected chi connectivity index (χ4v) is 4.00. The molecule has 1 aromatic heterocycles. The molecule has 1 aliphatic carbocycles. The third-order valence-electron chi connectivity index (χ3n) is 4.45. The van der Waals surface area contributed by atoms with Crippen molar-refractivity contribution in [3.05, 3.63) is 33.0 Å². The molecule has 140 valence electrons. The van der Waals surface area contributed by atoms with Crippen molar-refractivity contribution in [2.24, 2.45) is 5.92 Å². The van der Waals surface area contributed by atoms with Crippen LogP contribution in [0.4, 0.5) is 0 Å². The van der Waals surface area contributed by atoms with Crippen LogP contribution in [-0.4, -0.2) is 41.0 Å². The van der Waals surface area contributed by atoms with E-state index in [1.165, 1.54) is 24.6 Å². The summed E-state index contributed by atoms with van der Waals surface area (Å²) in [6.07, 6.45) is 2.37. The monoisotopic (exact) mass is 439 g/mol. The van der Waals surface area contributed by atoms with E-state index in [-0.39, 0.29) is 23.3 Å². The van der Waals surface area contributed by atoms with Crippen molar-refractivity contribution < 1.29 is 9.53 Å². The van der Waals surface area contributed by atoms with Gasteiger partial charge < -0.3 is 10.1 Å². The summed E-state index contributed by atoms with van der Waals surface area (Å²) in [6, 6.07) is 5.64. The molecule has 1 aromatic carbocycles. The number of benzene rings is 1. The van der Waals surface area contributed by atoms with Gasteiger partial charge in [0.05, 0.1) is 29.8 Å². The minimum absolute atomic E-state index is 0.0298. The van der Waals surface area contributed by atoms with Gasteiger partial charge in [-0.2, -0.15) is 0 Å². The summed E-state index contributed by atoms with van der Waals surface area (Å²) in [5.41, 5.74) is 0.503. The highest BCUT2D eigenvalue weighted by atomic mass is 79.9. The summed E-state index contributed by atoms with van der Waals surface area (Å²) in [6.45, 7) is 2.84. The third-order valence-corrected chi connectivity index (χ3v) is 5.92. The minimum atomic E-state index is -0.123. The van der Waals surface area contributed by atoms with Crippen molar-refractivity contribution in [1.82, 2.24) is 14.9 Å². The van der Waals surface area contributed by atoms with Gasteiger partial charge in [0.2, 0.25) is 5.91 Å². The average molecular weight is 440 g/mol. The molecule has 0 spiro atoms. The molecular formula is C18H22BrN3O3S. The molecule has 1 unspecified atom stereocenters. The molecule has 1 fully saturated rings. The Labute approximate surface area is 164 Å². The first-order valence-electron chi connectivity index (χ1n) is 8.61. The molecule has 0 radical (unpaired) electrons. The van der Waals surface area contributed by atoms with E-state index in [9.17, 15) is 9.59 Å². The number of rotatable bonds is 8. The zero-order chi connectivity index (χ0) is 18.7. The molecule has 2 aromatic rings. The lowest BCUT2D eigenvalue weighted by Crippen LogP contribution is -2.35. The quantitative estimate of drug-likeness (QED) is 0.505. The topological polar surface area (TPSA) is 73.2 Å². The van der Waals surface area contributed by atoms with Gasteiger partial charge >= 0.3 is 0 Å². The Balaban J connectivity index is 1.81. The predicted molar refractivity (Wildman–Crippen MR) is 107 cm³/mol. The minimum Gasteiger partial charge on any atom is -0.383 e. The van der Waals surface area contributed by atoms with E-state index < -0.39 is 0 Å². The summed E-state index contributed by atoms with van der Waals surface area (Å²) in [4.78, 5) is 29.7. The van der Waals surface area contributed by atoms with Gasteiger partial charge in [0.25, 0.3) is 5.56 Å². The molecule has 8 heteroatoms. The molecule has 0 aliphatic heterocycles.